The van der Waals surface area contributed by atoms with Gasteiger partial charge in [-0.25, -0.2) is 23.5 Å². The summed E-state index contributed by atoms with van der Waals surface area (Å²) >= 11 is 0.767. The van der Waals surface area contributed by atoms with Crippen molar-refractivity contribution in [2.45, 2.75) is 9.92 Å². The number of carboxylic acid groups (broad SMARTS) is 1. The van der Waals surface area contributed by atoms with Gasteiger partial charge in [0.2, 0.25) is 0 Å². The Morgan fingerprint density at radius 1 is 1.28 bits per heavy atom. The number of nitrogens with zero attached hydrogens (tertiary/aromatic N) is 2. The van der Waals surface area contributed by atoms with E-state index in [-0.39, 0.29) is 4.90 Å². The SMILES string of the molecule is O=C(O)c1cc(F)c(Sc2ccncn2)c(F)c1. The normalized spacial score (nSPS) is 10.3. The van der Waals surface area contributed by atoms with Gasteiger partial charge in [0, 0.05) is 6.20 Å². The van der Waals surface area contributed by atoms with Crippen molar-refractivity contribution in [1.82, 2.24) is 9.97 Å². The fourth-order valence-corrected chi connectivity index (χ4v) is 1.98. The highest BCUT2D eigenvalue weighted by Gasteiger charge is 2.16. The van der Waals surface area contributed by atoms with Crippen molar-refractivity contribution in [1.29, 1.82) is 0 Å². The summed E-state index contributed by atoms with van der Waals surface area (Å²) in [5, 5.41) is 9.02. The Morgan fingerprint density at radius 3 is 2.44 bits per heavy atom. The van der Waals surface area contributed by atoms with Crippen LogP contribution in [0.1, 0.15) is 10.4 Å². The van der Waals surface area contributed by atoms with Crippen molar-refractivity contribution in [3.8, 4) is 0 Å². The monoisotopic (exact) mass is 268 g/mol. The minimum Gasteiger partial charge on any atom is -0.478 e. The molecule has 0 aliphatic rings. The summed E-state index contributed by atoms with van der Waals surface area (Å²) in [5.74, 6) is -3.25. The van der Waals surface area contributed by atoms with Gasteiger partial charge < -0.3 is 5.11 Å². The first kappa shape index (κ1) is 12.4. The molecule has 0 radical (unpaired) electrons. The van der Waals surface area contributed by atoms with Crippen LogP contribution in [0.2, 0.25) is 0 Å². The molecule has 0 bridgehead atoms. The molecule has 1 aromatic carbocycles. The summed E-state index contributed by atoms with van der Waals surface area (Å²) in [4.78, 5) is 17.8. The van der Waals surface area contributed by atoms with Gasteiger partial charge in [-0.3, -0.25) is 0 Å². The Labute approximate surface area is 105 Å². The molecular weight excluding hydrogens is 262 g/mol. The molecule has 0 aliphatic carbocycles. The summed E-state index contributed by atoms with van der Waals surface area (Å²) in [5.41, 5.74) is -0.433. The molecule has 0 saturated heterocycles. The van der Waals surface area contributed by atoms with Crippen molar-refractivity contribution < 1.29 is 18.7 Å². The lowest BCUT2D eigenvalue weighted by atomic mass is 10.2. The molecule has 0 amide bonds. The number of benzene rings is 1. The van der Waals surface area contributed by atoms with Crippen molar-refractivity contribution in [3.63, 3.8) is 0 Å². The Morgan fingerprint density at radius 2 is 1.94 bits per heavy atom. The summed E-state index contributed by atoms with van der Waals surface area (Å²) in [7, 11) is 0. The summed E-state index contributed by atoms with van der Waals surface area (Å²) in [6, 6.07) is 3.04. The van der Waals surface area contributed by atoms with Crippen molar-refractivity contribution in [3.05, 3.63) is 47.9 Å². The highest BCUT2D eigenvalue weighted by Crippen LogP contribution is 2.31. The van der Waals surface area contributed by atoms with E-state index in [0.29, 0.717) is 5.03 Å². The quantitative estimate of drug-likeness (QED) is 0.867. The first-order chi connectivity index (χ1) is 8.58. The maximum Gasteiger partial charge on any atom is 0.335 e. The van der Waals surface area contributed by atoms with Gasteiger partial charge in [-0.05, 0) is 18.2 Å². The minimum absolute atomic E-state index is 0.293. The summed E-state index contributed by atoms with van der Waals surface area (Å²) in [6.45, 7) is 0. The maximum atomic E-state index is 13.6. The second-order valence-electron chi connectivity index (χ2n) is 3.22. The van der Waals surface area contributed by atoms with Crippen LogP contribution in [0.3, 0.4) is 0 Å². The largest absolute Gasteiger partial charge is 0.478 e. The molecule has 2 aromatic rings. The maximum absolute atomic E-state index is 13.6. The molecule has 0 spiro atoms. The van der Waals surface area contributed by atoms with E-state index in [2.05, 4.69) is 9.97 Å². The van der Waals surface area contributed by atoms with Crippen LogP contribution >= 0.6 is 11.8 Å². The standard InChI is InChI=1S/C11H6F2N2O2S/c12-7-3-6(11(16)17)4-8(13)10(7)18-9-1-2-14-5-15-9/h1-5H,(H,16,17). The zero-order chi connectivity index (χ0) is 13.1. The number of hydrogen-bond donors (Lipinski definition) is 1. The zero-order valence-corrected chi connectivity index (χ0v) is 9.62. The molecule has 18 heavy (non-hydrogen) atoms. The van der Waals surface area contributed by atoms with Crippen LogP contribution in [-0.4, -0.2) is 21.0 Å². The summed E-state index contributed by atoms with van der Waals surface area (Å²) in [6.07, 6.45) is 2.69. The highest BCUT2D eigenvalue weighted by atomic mass is 32.2. The minimum atomic E-state index is -1.38. The van der Waals surface area contributed by atoms with Gasteiger partial charge in [0.1, 0.15) is 23.0 Å². The predicted molar refractivity (Wildman–Crippen MR) is 59.5 cm³/mol. The van der Waals surface area contributed by atoms with Gasteiger partial charge in [-0.1, -0.05) is 11.8 Å². The molecule has 0 atom stereocenters. The van der Waals surface area contributed by atoms with E-state index in [0.717, 1.165) is 23.9 Å². The number of rotatable bonds is 3. The molecule has 1 aromatic heterocycles. The molecule has 0 aliphatic heterocycles. The van der Waals surface area contributed by atoms with Crippen LogP contribution in [0.25, 0.3) is 0 Å². The number of carbonyl (C=O) groups is 1. The van der Waals surface area contributed by atoms with E-state index in [1.165, 1.54) is 18.6 Å². The third-order valence-electron chi connectivity index (χ3n) is 2.01. The van der Waals surface area contributed by atoms with Crippen molar-refractivity contribution in [2.75, 3.05) is 0 Å². The van der Waals surface area contributed by atoms with Crippen LogP contribution in [0.15, 0.2) is 40.6 Å². The van der Waals surface area contributed by atoms with E-state index in [4.69, 9.17) is 5.11 Å². The Balaban J connectivity index is 2.37. The van der Waals surface area contributed by atoms with E-state index >= 15 is 0 Å². The molecule has 7 heteroatoms. The lowest BCUT2D eigenvalue weighted by Gasteiger charge is -2.05. The molecule has 2 rings (SSSR count). The number of aromatic nitrogens is 2. The van der Waals surface area contributed by atoms with E-state index < -0.39 is 23.2 Å². The number of carboxylic acids is 1. The molecule has 0 fully saturated rings. The average Bonchev–Trinajstić information content (AvgIpc) is 2.34. The lowest BCUT2D eigenvalue weighted by Crippen LogP contribution is -2.00. The molecule has 4 nitrogen and oxygen atoms in total. The van der Waals surface area contributed by atoms with Crippen molar-refractivity contribution >= 4 is 17.7 Å². The summed E-state index contributed by atoms with van der Waals surface area (Å²) < 4.78 is 27.2. The molecule has 0 unspecified atom stereocenters. The molecule has 0 saturated carbocycles. The Kier molecular flexibility index (Phi) is 3.52. The number of halogens is 2. The molecule has 92 valence electrons. The van der Waals surface area contributed by atoms with Gasteiger partial charge >= 0.3 is 5.97 Å². The fraction of sp³-hybridized carbons (Fsp3) is 0. The zero-order valence-electron chi connectivity index (χ0n) is 8.80. The van der Waals surface area contributed by atoms with Crippen LogP contribution < -0.4 is 0 Å². The van der Waals surface area contributed by atoms with Gasteiger partial charge in [0.05, 0.1) is 10.5 Å². The predicted octanol–water partition coefficient (Wildman–Crippen LogP) is 2.60. The smallest absolute Gasteiger partial charge is 0.335 e. The van der Waals surface area contributed by atoms with Gasteiger partial charge in [0.15, 0.2) is 0 Å². The number of hydrogen-bond acceptors (Lipinski definition) is 4. The van der Waals surface area contributed by atoms with E-state index in [1.807, 2.05) is 0 Å². The van der Waals surface area contributed by atoms with Crippen LogP contribution in [0.5, 0.6) is 0 Å². The van der Waals surface area contributed by atoms with E-state index in [1.54, 1.807) is 0 Å². The first-order valence-electron chi connectivity index (χ1n) is 4.74. The number of aromatic carboxylic acids is 1. The van der Waals surface area contributed by atoms with Crippen molar-refractivity contribution in [2.24, 2.45) is 0 Å². The Bertz CT molecular complexity index is 570. The van der Waals surface area contributed by atoms with Gasteiger partial charge in [0.25, 0.3) is 0 Å². The Hall–Kier alpha value is -2.02. The topological polar surface area (TPSA) is 63.1 Å². The van der Waals surface area contributed by atoms with Crippen LogP contribution in [0.4, 0.5) is 8.78 Å². The second-order valence-corrected chi connectivity index (χ2v) is 4.25. The molecule has 1 N–H and O–H groups in total. The first-order valence-corrected chi connectivity index (χ1v) is 5.56. The third kappa shape index (κ3) is 2.62. The lowest BCUT2D eigenvalue weighted by molar-refractivity contribution is 0.0695. The molecular formula is C11H6F2N2O2S. The highest BCUT2D eigenvalue weighted by molar-refractivity contribution is 7.99. The van der Waals surface area contributed by atoms with Gasteiger partial charge in [-0.15, -0.1) is 0 Å². The molecule has 1 heterocycles. The van der Waals surface area contributed by atoms with Crippen LogP contribution in [-0.2, 0) is 0 Å². The third-order valence-corrected chi connectivity index (χ3v) is 3.05. The van der Waals surface area contributed by atoms with Crippen LogP contribution in [0, 0.1) is 11.6 Å². The van der Waals surface area contributed by atoms with Gasteiger partial charge in [-0.2, -0.15) is 0 Å². The van der Waals surface area contributed by atoms with E-state index in [9.17, 15) is 13.6 Å². The fourth-order valence-electron chi connectivity index (χ4n) is 1.22. The second kappa shape index (κ2) is 5.09. The average molecular weight is 268 g/mol.